The van der Waals surface area contributed by atoms with Crippen LogP contribution in [0.1, 0.15) is 12.5 Å². The van der Waals surface area contributed by atoms with Crippen LogP contribution in [-0.2, 0) is 6.54 Å². The normalized spacial score (nSPS) is 14.6. The SMILES string of the molecule is CSC(CO)C(C)NCc1ccc(Cl)cc1Br. The molecular weight excluding hydrogens is 322 g/mol. The standard InChI is InChI=1S/C12H17BrClNOS/c1-8(12(7-16)17-2)15-6-9-3-4-10(14)5-11(9)13/h3-5,8,12,15-16H,6-7H2,1-2H3. The van der Waals surface area contributed by atoms with E-state index in [1.807, 2.05) is 24.5 Å². The van der Waals surface area contributed by atoms with Crippen molar-refractivity contribution < 1.29 is 5.11 Å². The van der Waals surface area contributed by atoms with Crippen LogP contribution in [0.25, 0.3) is 0 Å². The summed E-state index contributed by atoms with van der Waals surface area (Å²) in [7, 11) is 0. The highest BCUT2D eigenvalue weighted by molar-refractivity contribution is 9.10. The molecule has 2 N–H and O–H groups in total. The molecule has 0 saturated heterocycles. The molecule has 2 unspecified atom stereocenters. The highest BCUT2D eigenvalue weighted by Gasteiger charge is 2.14. The molecule has 5 heteroatoms. The Morgan fingerprint density at radius 1 is 1.53 bits per heavy atom. The van der Waals surface area contributed by atoms with E-state index in [2.05, 4.69) is 28.2 Å². The van der Waals surface area contributed by atoms with E-state index in [0.717, 1.165) is 16.0 Å². The van der Waals surface area contributed by atoms with Gasteiger partial charge < -0.3 is 10.4 Å². The summed E-state index contributed by atoms with van der Waals surface area (Å²) < 4.78 is 1.01. The van der Waals surface area contributed by atoms with Gasteiger partial charge in [-0.3, -0.25) is 0 Å². The zero-order valence-corrected chi connectivity index (χ0v) is 13.1. The van der Waals surface area contributed by atoms with Crippen molar-refractivity contribution in [3.8, 4) is 0 Å². The van der Waals surface area contributed by atoms with Gasteiger partial charge in [0.15, 0.2) is 0 Å². The first-order chi connectivity index (χ1) is 8.08. The quantitative estimate of drug-likeness (QED) is 0.834. The first kappa shape index (κ1) is 15.3. The predicted octanol–water partition coefficient (Wildman–Crippen LogP) is 3.30. The molecule has 96 valence electrons. The fraction of sp³-hybridized carbons (Fsp3) is 0.500. The third kappa shape index (κ3) is 4.79. The lowest BCUT2D eigenvalue weighted by Gasteiger charge is -2.21. The number of nitrogens with one attached hydrogen (secondary N) is 1. The lowest BCUT2D eigenvalue weighted by molar-refractivity contribution is 0.276. The van der Waals surface area contributed by atoms with Crippen molar-refractivity contribution in [3.63, 3.8) is 0 Å². The van der Waals surface area contributed by atoms with Crippen LogP contribution >= 0.6 is 39.3 Å². The number of hydrogen-bond donors (Lipinski definition) is 2. The van der Waals surface area contributed by atoms with E-state index < -0.39 is 0 Å². The number of rotatable bonds is 6. The molecule has 0 bridgehead atoms. The number of halogens is 2. The third-order valence-corrected chi connectivity index (χ3v) is 4.81. The third-order valence-electron chi connectivity index (χ3n) is 2.67. The van der Waals surface area contributed by atoms with Crippen molar-refractivity contribution in [1.82, 2.24) is 5.32 Å². The molecule has 1 aromatic rings. The molecule has 1 rings (SSSR count). The molecule has 17 heavy (non-hydrogen) atoms. The molecular formula is C12H17BrClNOS. The topological polar surface area (TPSA) is 32.3 Å². The Morgan fingerprint density at radius 3 is 2.76 bits per heavy atom. The number of benzene rings is 1. The van der Waals surface area contributed by atoms with E-state index in [9.17, 15) is 5.11 Å². The summed E-state index contributed by atoms with van der Waals surface area (Å²) in [5.74, 6) is 0. The summed E-state index contributed by atoms with van der Waals surface area (Å²) in [6, 6.07) is 6.03. The Labute approximate surface area is 120 Å². The van der Waals surface area contributed by atoms with Gasteiger partial charge in [-0.25, -0.2) is 0 Å². The zero-order chi connectivity index (χ0) is 12.8. The fourth-order valence-corrected chi connectivity index (χ4v) is 2.98. The number of thioether (sulfide) groups is 1. The van der Waals surface area contributed by atoms with Crippen LogP contribution in [0, 0.1) is 0 Å². The number of aliphatic hydroxyl groups is 1. The second kappa shape index (κ2) is 7.64. The molecule has 1 aromatic carbocycles. The van der Waals surface area contributed by atoms with E-state index in [4.69, 9.17) is 11.6 Å². The van der Waals surface area contributed by atoms with Crippen LogP contribution in [0.15, 0.2) is 22.7 Å². The summed E-state index contributed by atoms with van der Waals surface area (Å²) in [5, 5.41) is 13.6. The number of aliphatic hydroxyl groups excluding tert-OH is 1. The smallest absolute Gasteiger partial charge is 0.0564 e. The van der Waals surface area contributed by atoms with Crippen molar-refractivity contribution in [2.75, 3.05) is 12.9 Å². The van der Waals surface area contributed by atoms with E-state index >= 15 is 0 Å². The van der Waals surface area contributed by atoms with E-state index in [1.165, 1.54) is 5.56 Å². The predicted molar refractivity (Wildman–Crippen MR) is 79.8 cm³/mol. The second-order valence-electron chi connectivity index (χ2n) is 3.86. The van der Waals surface area contributed by atoms with Crippen LogP contribution in [0.3, 0.4) is 0 Å². The van der Waals surface area contributed by atoms with Crippen LogP contribution in [0.5, 0.6) is 0 Å². The Hall–Kier alpha value is 0.260. The second-order valence-corrected chi connectivity index (χ2v) is 6.23. The molecule has 2 atom stereocenters. The summed E-state index contributed by atoms with van der Waals surface area (Å²) >= 11 is 11.1. The van der Waals surface area contributed by atoms with Crippen LogP contribution in [0.4, 0.5) is 0 Å². The molecule has 0 aliphatic carbocycles. The molecule has 0 amide bonds. The van der Waals surface area contributed by atoms with E-state index in [-0.39, 0.29) is 17.9 Å². The van der Waals surface area contributed by atoms with Crippen molar-refractivity contribution in [2.45, 2.75) is 24.8 Å². The Balaban J connectivity index is 2.55. The summed E-state index contributed by atoms with van der Waals surface area (Å²) in [6.45, 7) is 3.04. The molecule has 2 nitrogen and oxygen atoms in total. The van der Waals surface area contributed by atoms with Gasteiger partial charge in [0, 0.05) is 27.3 Å². The summed E-state index contributed by atoms with van der Waals surface area (Å²) in [6.07, 6.45) is 2.01. The van der Waals surface area contributed by atoms with Gasteiger partial charge in [0.1, 0.15) is 0 Å². The van der Waals surface area contributed by atoms with Gasteiger partial charge in [0.2, 0.25) is 0 Å². The molecule has 0 fully saturated rings. The average molecular weight is 339 g/mol. The molecule has 0 aliphatic heterocycles. The fourth-order valence-electron chi connectivity index (χ4n) is 1.50. The Kier molecular flexibility index (Phi) is 6.89. The minimum Gasteiger partial charge on any atom is -0.395 e. The Bertz CT molecular complexity index is 360. The maximum atomic E-state index is 9.20. The molecule has 0 radical (unpaired) electrons. The lowest BCUT2D eigenvalue weighted by atomic mass is 10.2. The van der Waals surface area contributed by atoms with Crippen molar-refractivity contribution in [1.29, 1.82) is 0 Å². The van der Waals surface area contributed by atoms with Gasteiger partial charge in [-0.05, 0) is 30.9 Å². The van der Waals surface area contributed by atoms with Crippen molar-refractivity contribution in [2.24, 2.45) is 0 Å². The van der Waals surface area contributed by atoms with Gasteiger partial charge in [-0.2, -0.15) is 11.8 Å². The Morgan fingerprint density at radius 2 is 2.24 bits per heavy atom. The first-order valence-electron chi connectivity index (χ1n) is 5.39. The average Bonchev–Trinajstić information content (AvgIpc) is 2.29. The largest absolute Gasteiger partial charge is 0.395 e. The van der Waals surface area contributed by atoms with Gasteiger partial charge in [-0.15, -0.1) is 0 Å². The minimum atomic E-state index is 0.192. The molecule has 0 saturated carbocycles. The molecule has 0 heterocycles. The summed E-state index contributed by atoms with van der Waals surface area (Å²) in [5.41, 5.74) is 1.17. The minimum absolute atomic E-state index is 0.192. The summed E-state index contributed by atoms with van der Waals surface area (Å²) in [4.78, 5) is 0. The van der Waals surface area contributed by atoms with Gasteiger partial charge in [0.05, 0.1) is 6.61 Å². The maximum Gasteiger partial charge on any atom is 0.0564 e. The monoisotopic (exact) mass is 337 g/mol. The van der Waals surface area contributed by atoms with Crippen LogP contribution in [0.2, 0.25) is 5.02 Å². The van der Waals surface area contributed by atoms with Gasteiger partial charge in [0.25, 0.3) is 0 Å². The highest BCUT2D eigenvalue weighted by atomic mass is 79.9. The van der Waals surface area contributed by atoms with Crippen LogP contribution < -0.4 is 5.32 Å². The maximum absolute atomic E-state index is 9.20. The zero-order valence-electron chi connectivity index (χ0n) is 9.91. The van der Waals surface area contributed by atoms with Gasteiger partial charge in [-0.1, -0.05) is 33.6 Å². The van der Waals surface area contributed by atoms with Gasteiger partial charge >= 0.3 is 0 Å². The van der Waals surface area contributed by atoms with Crippen LogP contribution in [-0.4, -0.2) is 29.3 Å². The van der Waals surface area contributed by atoms with E-state index in [0.29, 0.717) is 0 Å². The highest BCUT2D eigenvalue weighted by Crippen LogP contribution is 2.21. The number of hydrogen-bond acceptors (Lipinski definition) is 3. The van der Waals surface area contributed by atoms with Crippen molar-refractivity contribution >= 4 is 39.3 Å². The molecule has 0 aromatic heterocycles. The van der Waals surface area contributed by atoms with Crippen molar-refractivity contribution in [3.05, 3.63) is 33.3 Å². The lowest BCUT2D eigenvalue weighted by Crippen LogP contribution is -2.37. The molecule has 0 spiro atoms. The van der Waals surface area contributed by atoms with E-state index in [1.54, 1.807) is 11.8 Å². The molecule has 0 aliphatic rings. The first-order valence-corrected chi connectivity index (χ1v) is 7.85.